The van der Waals surface area contributed by atoms with Gasteiger partial charge in [0.1, 0.15) is 10.8 Å². The normalized spacial score (nSPS) is 10.4. The number of benzene rings is 2. The van der Waals surface area contributed by atoms with Crippen LogP contribution in [0.5, 0.6) is 11.5 Å². The molecule has 0 bridgehead atoms. The van der Waals surface area contributed by atoms with E-state index in [1.807, 2.05) is 0 Å². The topological polar surface area (TPSA) is 95.5 Å². The van der Waals surface area contributed by atoms with Crippen LogP contribution >= 0.6 is 46.4 Å². The van der Waals surface area contributed by atoms with Crippen molar-refractivity contribution in [2.45, 2.75) is 0 Å². The van der Waals surface area contributed by atoms with Crippen LogP contribution in [0.2, 0.25) is 20.1 Å². The third kappa shape index (κ3) is 3.59. The van der Waals surface area contributed by atoms with Gasteiger partial charge in [-0.25, -0.2) is 0 Å². The van der Waals surface area contributed by atoms with Gasteiger partial charge in [0.25, 0.3) is 5.69 Å². The van der Waals surface area contributed by atoms with Crippen LogP contribution in [0.4, 0.5) is 11.4 Å². The van der Waals surface area contributed by atoms with Gasteiger partial charge in [-0.2, -0.15) is 0 Å². The maximum absolute atomic E-state index is 11.1. The first-order valence-corrected chi connectivity index (χ1v) is 7.17. The maximum Gasteiger partial charge on any atom is 0.318 e. The summed E-state index contributed by atoms with van der Waals surface area (Å²) in [6.45, 7) is 0. The molecule has 0 atom stereocenters. The standard InChI is InChI=1S/C12H4Cl4N2O5/c13-6-4-9(11(15)12(16)10(6)14)23-8-2-1-5(17(19)20)3-7(8)18(21)22/h1-4H. The molecule has 0 saturated carbocycles. The third-order valence-electron chi connectivity index (χ3n) is 2.64. The van der Waals surface area contributed by atoms with E-state index in [4.69, 9.17) is 51.1 Å². The fourth-order valence-electron chi connectivity index (χ4n) is 1.59. The zero-order valence-electron chi connectivity index (χ0n) is 10.8. The molecule has 0 aliphatic carbocycles. The number of nitro groups is 2. The molecule has 11 heteroatoms. The van der Waals surface area contributed by atoms with Crippen LogP contribution in [-0.4, -0.2) is 9.85 Å². The van der Waals surface area contributed by atoms with E-state index in [1.165, 1.54) is 6.07 Å². The van der Waals surface area contributed by atoms with Crippen molar-refractivity contribution in [3.05, 3.63) is 64.6 Å². The SMILES string of the molecule is O=[N+]([O-])c1ccc(Oc2cc(Cl)c(Cl)c(Cl)c2Cl)c([N+](=O)[O-])c1. The highest BCUT2D eigenvalue weighted by Gasteiger charge is 2.23. The second-order valence-corrected chi connectivity index (χ2v) is 5.61. The van der Waals surface area contributed by atoms with Gasteiger partial charge in [0, 0.05) is 12.1 Å². The highest BCUT2D eigenvalue weighted by molar-refractivity contribution is 6.52. The van der Waals surface area contributed by atoms with Crippen LogP contribution in [0, 0.1) is 20.2 Å². The molecule has 23 heavy (non-hydrogen) atoms. The van der Waals surface area contributed by atoms with Crippen molar-refractivity contribution in [2.24, 2.45) is 0 Å². The predicted octanol–water partition coefficient (Wildman–Crippen LogP) is 5.91. The lowest BCUT2D eigenvalue weighted by molar-refractivity contribution is -0.394. The average Bonchev–Trinajstić information content (AvgIpc) is 2.50. The molecule has 0 aromatic heterocycles. The highest BCUT2D eigenvalue weighted by Crippen LogP contribution is 2.44. The van der Waals surface area contributed by atoms with Gasteiger partial charge >= 0.3 is 5.69 Å². The van der Waals surface area contributed by atoms with Crippen molar-refractivity contribution < 1.29 is 14.6 Å². The van der Waals surface area contributed by atoms with Crippen molar-refractivity contribution in [3.63, 3.8) is 0 Å². The first kappa shape index (κ1) is 17.6. The van der Waals surface area contributed by atoms with E-state index >= 15 is 0 Å². The zero-order valence-corrected chi connectivity index (χ0v) is 13.8. The molecule has 0 unspecified atom stereocenters. The van der Waals surface area contributed by atoms with E-state index in [9.17, 15) is 20.2 Å². The Bertz CT molecular complexity index is 828. The summed E-state index contributed by atoms with van der Waals surface area (Å²) in [6.07, 6.45) is 0. The van der Waals surface area contributed by atoms with Crippen LogP contribution < -0.4 is 4.74 Å². The van der Waals surface area contributed by atoms with Crippen LogP contribution in [0.25, 0.3) is 0 Å². The number of rotatable bonds is 4. The van der Waals surface area contributed by atoms with E-state index in [2.05, 4.69) is 0 Å². The van der Waals surface area contributed by atoms with Gasteiger partial charge in [-0.1, -0.05) is 46.4 Å². The molecule has 0 radical (unpaired) electrons. The largest absolute Gasteiger partial charge is 0.448 e. The maximum atomic E-state index is 11.1. The summed E-state index contributed by atoms with van der Waals surface area (Å²) in [5.74, 6) is -0.347. The minimum Gasteiger partial charge on any atom is -0.448 e. The molecule has 0 N–H and O–H groups in total. The number of nitrogens with zero attached hydrogens (tertiary/aromatic N) is 2. The Kier molecular flexibility index (Phi) is 5.16. The quantitative estimate of drug-likeness (QED) is 0.276. The van der Waals surface area contributed by atoms with Gasteiger partial charge in [-0.3, -0.25) is 20.2 Å². The van der Waals surface area contributed by atoms with Crippen molar-refractivity contribution in [3.8, 4) is 11.5 Å². The number of hydrogen-bond donors (Lipinski definition) is 0. The van der Waals surface area contributed by atoms with Gasteiger partial charge in [0.2, 0.25) is 5.75 Å². The Hall–Kier alpha value is -1.80. The Morgan fingerprint density at radius 2 is 1.48 bits per heavy atom. The summed E-state index contributed by atoms with van der Waals surface area (Å²) < 4.78 is 5.33. The molecule has 2 aromatic rings. The molecule has 7 nitrogen and oxygen atoms in total. The smallest absolute Gasteiger partial charge is 0.318 e. The number of halogens is 4. The number of nitro benzene ring substituents is 2. The molecule has 0 amide bonds. The molecule has 0 heterocycles. The second-order valence-electron chi connectivity index (χ2n) is 4.07. The Morgan fingerprint density at radius 3 is 2.04 bits per heavy atom. The van der Waals surface area contributed by atoms with Crippen LogP contribution in [-0.2, 0) is 0 Å². The summed E-state index contributed by atoms with van der Waals surface area (Å²) in [4.78, 5) is 20.2. The average molecular weight is 398 g/mol. The molecular weight excluding hydrogens is 394 g/mol. The summed E-state index contributed by atoms with van der Waals surface area (Å²) >= 11 is 23.5. The summed E-state index contributed by atoms with van der Waals surface area (Å²) in [5, 5.41) is 21.6. The molecule has 0 aliphatic rings. The van der Waals surface area contributed by atoms with E-state index in [0.717, 1.165) is 18.2 Å². The fraction of sp³-hybridized carbons (Fsp3) is 0. The van der Waals surface area contributed by atoms with Crippen molar-refractivity contribution in [1.29, 1.82) is 0 Å². The Balaban J connectivity index is 2.53. The predicted molar refractivity (Wildman–Crippen MR) is 86.3 cm³/mol. The molecule has 2 aromatic carbocycles. The second kappa shape index (κ2) is 6.76. The molecule has 0 spiro atoms. The summed E-state index contributed by atoms with van der Waals surface area (Å²) in [5.41, 5.74) is -1.07. The Labute approximate surface area is 148 Å². The van der Waals surface area contributed by atoms with Crippen LogP contribution in [0.15, 0.2) is 24.3 Å². The zero-order chi connectivity index (χ0) is 17.3. The molecule has 120 valence electrons. The van der Waals surface area contributed by atoms with Gasteiger partial charge in [0.05, 0.1) is 31.0 Å². The number of non-ortho nitro benzene ring substituents is 1. The number of hydrogen-bond acceptors (Lipinski definition) is 5. The lowest BCUT2D eigenvalue weighted by atomic mass is 10.2. The summed E-state index contributed by atoms with van der Waals surface area (Å²) in [6, 6.07) is 4.12. The van der Waals surface area contributed by atoms with Crippen molar-refractivity contribution in [1.82, 2.24) is 0 Å². The minimum atomic E-state index is -0.824. The van der Waals surface area contributed by atoms with E-state index in [0.29, 0.717) is 0 Å². The Morgan fingerprint density at radius 1 is 0.826 bits per heavy atom. The molecule has 2 rings (SSSR count). The molecular formula is C12H4Cl4N2O5. The molecule has 0 fully saturated rings. The third-order valence-corrected chi connectivity index (χ3v) is 4.37. The van der Waals surface area contributed by atoms with Gasteiger partial charge in [0.15, 0.2) is 0 Å². The van der Waals surface area contributed by atoms with Gasteiger partial charge < -0.3 is 4.74 Å². The van der Waals surface area contributed by atoms with Crippen molar-refractivity contribution >= 4 is 57.8 Å². The number of ether oxygens (including phenoxy) is 1. The van der Waals surface area contributed by atoms with Crippen LogP contribution in [0.1, 0.15) is 0 Å². The monoisotopic (exact) mass is 396 g/mol. The minimum absolute atomic E-state index is 0.00359. The first-order chi connectivity index (χ1) is 10.7. The van der Waals surface area contributed by atoms with Gasteiger partial charge in [-0.15, -0.1) is 0 Å². The van der Waals surface area contributed by atoms with E-state index in [-0.39, 0.29) is 31.6 Å². The van der Waals surface area contributed by atoms with Gasteiger partial charge in [-0.05, 0) is 6.07 Å². The lowest BCUT2D eigenvalue weighted by Gasteiger charge is -2.11. The molecule has 0 aliphatic heterocycles. The van der Waals surface area contributed by atoms with Crippen LogP contribution in [0.3, 0.4) is 0 Å². The lowest BCUT2D eigenvalue weighted by Crippen LogP contribution is -1.96. The van der Waals surface area contributed by atoms with E-state index < -0.39 is 21.2 Å². The summed E-state index contributed by atoms with van der Waals surface area (Å²) in [7, 11) is 0. The highest BCUT2D eigenvalue weighted by atomic mass is 35.5. The van der Waals surface area contributed by atoms with E-state index in [1.54, 1.807) is 0 Å². The first-order valence-electron chi connectivity index (χ1n) is 5.66. The fourth-order valence-corrected chi connectivity index (χ4v) is 2.41. The van der Waals surface area contributed by atoms with Crippen molar-refractivity contribution in [2.75, 3.05) is 0 Å². The molecule has 0 saturated heterocycles.